The van der Waals surface area contributed by atoms with Gasteiger partial charge in [0.1, 0.15) is 5.75 Å². The van der Waals surface area contributed by atoms with Crippen LogP contribution in [0.3, 0.4) is 0 Å². The molecule has 1 amide bonds. The Hall–Kier alpha value is -1.42. The van der Waals surface area contributed by atoms with Gasteiger partial charge in [0, 0.05) is 44.4 Å². The molecule has 0 N–H and O–H groups in total. The van der Waals surface area contributed by atoms with Crippen molar-refractivity contribution in [3.05, 3.63) is 23.2 Å². The van der Waals surface area contributed by atoms with E-state index in [1.807, 2.05) is 24.0 Å². The summed E-state index contributed by atoms with van der Waals surface area (Å²) in [6.07, 6.45) is 4.04. The summed E-state index contributed by atoms with van der Waals surface area (Å²) >= 11 is 6.12. The molecule has 1 aromatic rings. The fourth-order valence-electron chi connectivity index (χ4n) is 3.86. The summed E-state index contributed by atoms with van der Waals surface area (Å²) in [7, 11) is 1.65. The number of nitrogens with zero attached hydrogens (tertiary/aromatic N) is 2. The van der Waals surface area contributed by atoms with Gasteiger partial charge in [-0.15, -0.1) is 0 Å². The van der Waals surface area contributed by atoms with Gasteiger partial charge in [0.05, 0.1) is 12.1 Å². The second-order valence-corrected chi connectivity index (χ2v) is 7.13. The van der Waals surface area contributed by atoms with Gasteiger partial charge in [0.2, 0.25) is 5.91 Å². The van der Waals surface area contributed by atoms with Crippen LogP contribution in [0.15, 0.2) is 18.2 Å². The minimum absolute atomic E-state index is 0.289. The Balaban J connectivity index is 1.66. The van der Waals surface area contributed by atoms with Gasteiger partial charge < -0.3 is 14.5 Å². The van der Waals surface area contributed by atoms with Crippen LogP contribution in [0.2, 0.25) is 5.02 Å². The molecule has 2 heterocycles. The molecule has 4 nitrogen and oxygen atoms in total. The summed E-state index contributed by atoms with van der Waals surface area (Å²) in [6.45, 7) is 5.88. The first-order valence-electron chi connectivity index (χ1n) is 8.43. The number of carbonyl (C=O) groups excluding carboxylic acids is 1. The maximum absolute atomic E-state index is 11.8. The summed E-state index contributed by atoms with van der Waals surface area (Å²) in [5.74, 6) is 1.02. The number of amides is 1. The maximum Gasteiger partial charge on any atom is 0.222 e. The highest BCUT2D eigenvalue weighted by Crippen LogP contribution is 2.43. The van der Waals surface area contributed by atoms with Gasteiger partial charge in [-0.3, -0.25) is 4.79 Å². The van der Waals surface area contributed by atoms with Crippen LogP contribution in [-0.2, 0) is 4.79 Å². The highest BCUT2D eigenvalue weighted by molar-refractivity contribution is 6.32. The Labute approximate surface area is 143 Å². The third kappa shape index (κ3) is 3.27. The molecule has 0 radical (unpaired) electrons. The van der Waals surface area contributed by atoms with Crippen molar-refractivity contribution < 1.29 is 9.53 Å². The molecular formula is C18H25ClN2O2. The fourth-order valence-corrected chi connectivity index (χ4v) is 4.06. The molecule has 0 saturated carbocycles. The van der Waals surface area contributed by atoms with Crippen molar-refractivity contribution in [2.45, 2.75) is 32.6 Å². The molecular weight excluding hydrogens is 312 g/mol. The minimum Gasteiger partial charge on any atom is -0.495 e. The zero-order chi connectivity index (χ0) is 16.4. The summed E-state index contributed by atoms with van der Waals surface area (Å²) in [5, 5.41) is 0.650. The molecule has 0 unspecified atom stereocenters. The number of carbonyl (C=O) groups is 1. The first kappa shape index (κ1) is 16.4. The van der Waals surface area contributed by atoms with E-state index in [0.717, 1.165) is 44.8 Å². The molecule has 0 atom stereocenters. The van der Waals surface area contributed by atoms with Gasteiger partial charge in [-0.2, -0.15) is 0 Å². The summed E-state index contributed by atoms with van der Waals surface area (Å²) in [4.78, 5) is 16.3. The summed E-state index contributed by atoms with van der Waals surface area (Å²) in [5.41, 5.74) is 1.53. The SMILES string of the molecule is CCC(=O)N1CCC2(CC1)CCN(c1ccc(Cl)c(OC)c1)C2. The van der Waals surface area contributed by atoms with E-state index in [9.17, 15) is 4.79 Å². The quantitative estimate of drug-likeness (QED) is 0.845. The molecule has 0 aromatic heterocycles. The van der Waals surface area contributed by atoms with Gasteiger partial charge in [-0.25, -0.2) is 0 Å². The predicted molar refractivity (Wildman–Crippen MR) is 93.4 cm³/mol. The molecule has 3 rings (SSSR count). The number of likely N-dealkylation sites (tertiary alicyclic amines) is 1. The lowest BCUT2D eigenvalue weighted by Gasteiger charge is -2.39. The Morgan fingerprint density at radius 2 is 1.96 bits per heavy atom. The van der Waals surface area contributed by atoms with Crippen LogP contribution in [0, 0.1) is 5.41 Å². The molecule has 0 aliphatic carbocycles. The monoisotopic (exact) mass is 336 g/mol. The van der Waals surface area contributed by atoms with E-state index in [1.165, 1.54) is 12.1 Å². The molecule has 2 aliphatic heterocycles. The molecule has 2 fully saturated rings. The van der Waals surface area contributed by atoms with Gasteiger partial charge in [0.25, 0.3) is 0 Å². The third-order valence-corrected chi connectivity index (χ3v) is 5.73. The lowest BCUT2D eigenvalue weighted by Crippen LogP contribution is -2.44. The van der Waals surface area contributed by atoms with E-state index in [4.69, 9.17) is 16.3 Å². The number of piperidine rings is 1. The highest BCUT2D eigenvalue weighted by atomic mass is 35.5. The first-order valence-corrected chi connectivity index (χ1v) is 8.81. The fraction of sp³-hybridized carbons (Fsp3) is 0.611. The molecule has 2 saturated heterocycles. The van der Waals surface area contributed by atoms with Crippen molar-refractivity contribution in [3.63, 3.8) is 0 Å². The van der Waals surface area contributed by atoms with Crippen LogP contribution in [0.1, 0.15) is 32.6 Å². The van der Waals surface area contributed by atoms with Gasteiger partial charge in [0.15, 0.2) is 0 Å². The predicted octanol–water partition coefficient (Wildman–Crippen LogP) is 3.58. The van der Waals surface area contributed by atoms with Crippen LogP contribution in [0.25, 0.3) is 0 Å². The normalized spacial score (nSPS) is 20.1. The number of rotatable bonds is 3. The topological polar surface area (TPSA) is 32.8 Å². The maximum atomic E-state index is 11.8. The number of methoxy groups -OCH3 is 1. The number of benzene rings is 1. The van der Waals surface area contributed by atoms with Crippen molar-refractivity contribution in [3.8, 4) is 5.75 Å². The van der Waals surface area contributed by atoms with Crippen LogP contribution in [0.4, 0.5) is 5.69 Å². The van der Waals surface area contributed by atoms with Crippen molar-refractivity contribution in [2.75, 3.05) is 38.2 Å². The molecule has 1 spiro atoms. The highest BCUT2D eigenvalue weighted by Gasteiger charge is 2.41. The van der Waals surface area contributed by atoms with E-state index >= 15 is 0 Å². The van der Waals surface area contributed by atoms with E-state index in [1.54, 1.807) is 7.11 Å². The Bertz CT molecular complexity index is 582. The molecule has 23 heavy (non-hydrogen) atoms. The number of hydrogen-bond donors (Lipinski definition) is 0. The Kier molecular flexibility index (Phi) is 4.72. The van der Waals surface area contributed by atoms with Crippen LogP contribution >= 0.6 is 11.6 Å². The lowest BCUT2D eigenvalue weighted by molar-refractivity contribution is -0.133. The van der Waals surface area contributed by atoms with Crippen molar-refractivity contribution >= 4 is 23.2 Å². The Morgan fingerprint density at radius 1 is 1.26 bits per heavy atom. The average molecular weight is 337 g/mol. The average Bonchev–Trinajstić information content (AvgIpc) is 2.99. The molecule has 5 heteroatoms. The minimum atomic E-state index is 0.289. The van der Waals surface area contributed by atoms with Gasteiger partial charge >= 0.3 is 0 Å². The van der Waals surface area contributed by atoms with Gasteiger partial charge in [-0.05, 0) is 36.8 Å². The second kappa shape index (κ2) is 6.60. The zero-order valence-corrected chi connectivity index (χ0v) is 14.7. The third-order valence-electron chi connectivity index (χ3n) is 5.42. The molecule has 2 aliphatic rings. The number of ether oxygens (including phenoxy) is 1. The number of anilines is 1. The second-order valence-electron chi connectivity index (χ2n) is 6.72. The van der Waals surface area contributed by atoms with Crippen LogP contribution in [0.5, 0.6) is 5.75 Å². The lowest BCUT2D eigenvalue weighted by atomic mass is 9.77. The largest absolute Gasteiger partial charge is 0.495 e. The Morgan fingerprint density at radius 3 is 2.61 bits per heavy atom. The first-order chi connectivity index (χ1) is 11.1. The van der Waals surface area contributed by atoms with Crippen molar-refractivity contribution in [1.82, 2.24) is 4.90 Å². The standard InChI is InChI=1S/C18H25ClN2O2/c1-3-17(22)20-9-6-18(7-10-20)8-11-21(13-18)14-4-5-15(19)16(12-14)23-2/h4-5,12H,3,6-11,13H2,1-2H3. The van der Waals surface area contributed by atoms with E-state index in [-0.39, 0.29) is 5.91 Å². The molecule has 126 valence electrons. The number of halogens is 1. The smallest absolute Gasteiger partial charge is 0.222 e. The zero-order valence-electron chi connectivity index (χ0n) is 14.0. The molecule has 0 bridgehead atoms. The summed E-state index contributed by atoms with van der Waals surface area (Å²) < 4.78 is 5.33. The molecule has 1 aromatic carbocycles. The van der Waals surface area contributed by atoms with E-state index in [0.29, 0.717) is 16.9 Å². The van der Waals surface area contributed by atoms with E-state index < -0.39 is 0 Å². The van der Waals surface area contributed by atoms with Crippen LogP contribution < -0.4 is 9.64 Å². The van der Waals surface area contributed by atoms with Crippen molar-refractivity contribution in [2.24, 2.45) is 5.41 Å². The van der Waals surface area contributed by atoms with E-state index in [2.05, 4.69) is 11.0 Å². The van der Waals surface area contributed by atoms with Crippen molar-refractivity contribution in [1.29, 1.82) is 0 Å². The summed E-state index contributed by atoms with van der Waals surface area (Å²) in [6, 6.07) is 6.00. The number of hydrogen-bond acceptors (Lipinski definition) is 3. The van der Waals surface area contributed by atoms with Crippen LogP contribution in [-0.4, -0.2) is 44.1 Å². The van der Waals surface area contributed by atoms with Gasteiger partial charge in [-0.1, -0.05) is 18.5 Å².